The van der Waals surface area contributed by atoms with Crippen molar-refractivity contribution in [2.24, 2.45) is 5.92 Å². The summed E-state index contributed by atoms with van der Waals surface area (Å²) in [5.74, 6) is 1.57. The normalized spacial score (nSPS) is 26.3. The van der Waals surface area contributed by atoms with Crippen LogP contribution in [0.15, 0.2) is 18.5 Å². The highest BCUT2D eigenvalue weighted by molar-refractivity contribution is 5.79. The van der Waals surface area contributed by atoms with Crippen molar-refractivity contribution in [3.8, 4) is 0 Å². The molecular formula is C20H31N5O. The average Bonchev–Trinajstić information content (AvgIpc) is 3.24. The van der Waals surface area contributed by atoms with E-state index in [4.69, 9.17) is 0 Å². The van der Waals surface area contributed by atoms with Gasteiger partial charge in [0.05, 0.1) is 12.5 Å². The quantitative estimate of drug-likeness (QED) is 0.822. The predicted molar refractivity (Wildman–Crippen MR) is 100 cm³/mol. The van der Waals surface area contributed by atoms with E-state index in [-0.39, 0.29) is 5.92 Å². The summed E-state index contributed by atoms with van der Waals surface area (Å²) in [4.78, 5) is 28.6. The number of aromatic nitrogens is 2. The van der Waals surface area contributed by atoms with Crippen molar-refractivity contribution in [3.05, 3.63) is 24.3 Å². The predicted octanol–water partition coefficient (Wildman–Crippen LogP) is 1.78. The summed E-state index contributed by atoms with van der Waals surface area (Å²) < 4.78 is 0. The fraction of sp³-hybridized carbons (Fsp3) is 0.750. The third kappa shape index (κ3) is 4.23. The topological polar surface area (TPSA) is 52.6 Å². The smallest absolute Gasteiger partial charge is 0.226 e. The van der Waals surface area contributed by atoms with E-state index in [1.165, 1.54) is 32.1 Å². The molecule has 0 spiro atoms. The van der Waals surface area contributed by atoms with Crippen LogP contribution >= 0.6 is 0 Å². The van der Waals surface area contributed by atoms with E-state index in [0.29, 0.717) is 11.9 Å². The maximum atomic E-state index is 12.8. The molecule has 0 N–H and O–H groups in total. The Balaban J connectivity index is 1.26. The first-order chi connectivity index (χ1) is 12.8. The molecule has 3 aliphatic rings. The number of likely N-dealkylation sites (tertiary alicyclic amines) is 3. The summed E-state index contributed by atoms with van der Waals surface area (Å²) >= 11 is 0. The van der Waals surface area contributed by atoms with Crippen LogP contribution in [0, 0.1) is 5.92 Å². The van der Waals surface area contributed by atoms with Crippen molar-refractivity contribution in [2.45, 2.75) is 51.1 Å². The highest BCUT2D eigenvalue weighted by Crippen LogP contribution is 2.26. The molecule has 4 rings (SSSR count). The van der Waals surface area contributed by atoms with Gasteiger partial charge in [-0.05, 0) is 51.1 Å². The number of rotatable bonds is 4. The molecule has 0 bridgehead atoms. The Kier molecular flexibility index (Phi) is 5.80. The molecule has 6 nitrogen and oxygen atoms in total. The molecule has 1 unspecified atom stereocenters. The Labute approximate surface area is 156 Å². The molecule has 1 atom stereocenters. The summed E-state index contributed by atoms with van der Waals surface area (Å²) in [6, 6.07) is 2.50. The first-order valence-corrected chi connectivity index (χ1v) is 10.3. The summed E-state index contributed by atoms with van der Waals surface area (Å²) in [5, 5.41) is 0. The second-order valence-electron chi connectivity index (χ2n) is 8.04. The highest BCUT2D eigenvalue weighted by Gasteiger charge is 2.34. The number of piperidine rings is 2. The third-order valence-electron chi connectivity index (χ3n) is 6.28. The molecular weight excluding hydrogens is 326 g/mol. The number of amides is 1. The number of carbonyl (C=O) groups is 1. The standard InChI is InChI=1S/C20H31N5O/c26-20(24-10-1-2-11-24)17-5-3-12-25(15-17)18-6-13-23(14-7-18)16-19-21-8-4-9-22-19/h4,8-9,17-18H,1-3,5-7,10-16H2. The van der Waals surface area contributed by atoms with Crippen molar-refractivity contribution >= 4 is 5.91 Å². The largest absolute Gasteiger partial charge is 0.342 e. The van der Waals surface area contributed by atoms with Gasteiger partial charge in [-0.25, -0.2) is 9.97 Å². The second-order valence-corrected chi connectivity index (χ2v) is 8.04. The Hall–Kier alpha value is -1.53. The minimum Gasteiger partial charge on any atom is -0.342 e. The van der Waals surface area contributed by atoms with Crippen LogP contribution < -0.4 is 0 Å². The van der Waals surface area contributed by atoms with Gasteiger partial charge in [0.2, 0.25) is 5.91 Å². The maximum Gasteiger partial charge on any atom is 0.226 e. The van der Waals surface area contributed by atoms with Gasteiger partial charge in [0, 0.05) is 51.2 Å². The Morgan fingerprint density at radius 3 is 2.42 bits per heavy atom. The molecule has 0 aliphatic carbocycles. The number of hydrogen-bond acceptors (Lipinski definition) is 5. The van der Waals surface area contributed by atoms with Gasteiger partial charge in [-0.15, -0.1) is 0 Å². The third-order valence-corrected chi connectivity index (χ3v) is 6.28. The minimum atomic E-state index is 0.234. The molecule has 1 amide bonds. The zero-order chi connectivity index (χ0) is 17.8. The lowest BCUT2D eigenvalue weighted by Crippen LogP contribution is -2.51. The van der Waals surface area contributed by atoms with E-state index in [1.54, 1.807) is 0 Å². The number of carbonyl (C=O) groups excluding carboxylic acids is 1. The zero-order valence-corrected chi connectivity index (χ0v) is 15.7. The van der Waals surface area contributed by atoms with Crippen LogP contribution in [0.25, 0.3) is 0 Å². The molecule has 1 aromatic heterocycles. The monoisotopic (exact) mass is 357 g/mol. The summed E-state index contributed by atoms with van der Waals surface area (Å²) in [6.45, 7) is 7.15. The van der Waals surface area contributed by atoms with Crippen LogP contribution in [-0.2, 0) is 11.3 Å². The molecule has 0 aromatic carbocycles. The first kappa shape index (κ1) is 17.9. The maximum absolute atomic E-state index is 12.8. The van der Waals surface area contributed by atoms with Crippen molar-refractivity contribution in [1.82, 2.24) is 24.7 Å². The lowest BCUT2D eigenvalue weighted by atomic mass is 9.93. The van der Waals surface area contributed by atoms with E-state index in [1.807, 2.05) is 18.5 Å². The summed E-state index contributed by atoms with van der Waals surface area (Å²) in [5.41, 5.74) is 0. The van der Waals surface area contributed by atoms with Gasteiger partial charge in [0.25, 0.3) is 0 Å². The van der Waals surface area contributed by atoms with Crippen LogP contribution in [0.4, 0.5) is 0 Å². The van der Waals surface area contributed by atoms with Crippen molar-refractivity contribution < 1.29 is 4.79 Å². The Bertz CT molecular complexity index is 581. The molecule has 3 aliphatic heterocycles. The Morgan fingerprint density at radius 1 is 0.962 bits per heavy atom. The van der Waals surface area contributed by atoms with Crippen molar-refractivity contribution in [2.75, 3.05) is 39.3 Å². The van der Waals surface area contributed by atoms with Crippen LogP contribution in [0.2, 0.25) is 0 Å². The van der Waals surface area contributed by atoms with Gasteiger partial charge < -0.3 is 4.90 Å². The van der Waals surface area contributed by atoms with Gasteiger partial charge in [0.15, 0.2) is 0 Å². The molecule has 3 fully saturated rings. The Morgan fingerprint density at radius 2 is 1.69 bits per heavy atom. The van der Waals surface area contributed by atoms with Gasteiger partial charge in [-0.1, -0.05) is 0 Å². The van der Waals surface area contributed by atoms with E-state index < -0.39 is 0 Å². The molecule has 3 saturated heterocycles. The molecule has 26 heavy (non-hydrogen) atoms. The number of nitrogens with zero attached hydrogens (tertiary/aromatic N) is 5. The fourth-order valence-electron chi connectivity index (χ4n) is 4.79. The molecule has 4 heterocycles. The van der Waals surface area contributed by atoms with Crippen LogP contribution in [-0.4, -0.2) is 75.9 Å². The van der Waals surface area contributed by atoms with Crippen molar-refractivity contribution in [1.29, 1.82) is 0 Å². The molecule has 6 heteroatoms. The van der Waals surface area contributed by atoms with Crippen LogP contribution in [0.5, 0.6) is 0 Å². The van der Waals surface area contributed by atoms with Gasteiger partial charge in [-0.3, -0.25) is 14.6 Å². The molecule has 1 aromatic rings. The number of hydrogen-bond donors (Lipinski definition) is 0. The molecule has 142 valence electrons. The molecule has 0 radical (unpaired) electrons. The van der Waals surface area contributed by atoms with E-state index in [2.05, 4.69) is 24.7 Å². The second kappa shape index (κ2) is 8.44. The van der Waals surface area contributed by atoms with E-state index in [0.717, 1.165) is 58.1 Å². The van der Waals surface area contributed by atoms with Gasteiger partial charge in [-0.2, -0.15) is 0 Å². The van der Waals surface area contributed by atoms with Crippen LogP contribution in [0.1, 0.15) is 44.3 Å². The fourth-order valence-corrected chi connectivity index (χ4v) is 4.79. The average molecular weight is 358 g/mol. The zero-order valence-electron chi connectivity index (χ0n) is 15.7. The summed E-state index contributed by atoms with van der Waals surface area (Å²) in [6.07, 6.45) is 10.6. The lowest BCUT2D eigenvalue weighted by molar-refractivity contribution is -0.136. The van der Waals surface area contributed by atoms with E-state index in [9.17, 15) is 4.79 Å². The minimum absolute atomic E-state index is 0.234. The molecule has 0 saturated carbocycles. The van der Waals surface area contributed by atoms with Gasteiger partial charge in [0.1, 0.15) is 5.82 Å². The van der Waals surface area contributed by atoms with Crippen LogP contribution in [0.3, 0.4) is 0 Å². The van der Waals surface area contributed by atoms with E-state index >= 15 is 0 Å². The first-order valence-electron chi connectivity index (χ1n) is 10.3. The van der Waals surface area contributed by atoms with Gasteiger partial charge >= 0.3 is 0 Å². The lowest BCUT2D eigenvalue weighted by Gasteiger charge is -2.42. The highest BCUT2D eigenvalue weighted by atomic mass is 16.2. The SMILES string of the molecule is O=C(C1CCCN(C2CCN(Cc3ncccn3)CC2)C1)N1CCCC1. The van der Waals surface area contributed by atoms with Crippen molar-refractivity contribution in [3.63, 3.8) is 0 Å². The summed E-state index contributed by atoms with van der Waals surface area (Å²) in [7, 11) is 0.